The Hall–Kier alpha value is -4.15. The van der Waals surface area contributed by atoms with Crippen LogP contribution in [0.3, 0.4) is 0 Å². The molecule has 1 saturated heterocycles. The number of halogens is 3. The van der Waals surface area contributed by atoms with Crippen molar-refractivity contribution in [3.63, 3.8) is 0 Å². The third kappa shape index (κ3) is 5.18. The SMILES string of the molecule is CC1(C)C(=O)N(c2ccc(OC(F)(F)F)c(NCc3ccccn3)c2)C(=O)N1Cc1ccncc1. The van der Waals surface area contributed by atoms with Gasteiger partial charge < -0.3 is 15.0 Å². The van der Waals surface area contributed by atoms with Crippen LogP contribution in [0.5, 0.6) is 5.75 Å². The molecule has 8 nitrogen and oxygen atoms in total. The standard InChI is InChI=1S/C24H22F3N5O3/c1-23(2)21(33)32(22(34)31(23)15-16-8-11-28-12-9-16)18-6-7-20(35-24(25,26)27)19(13-18)30-14-17-5-3-4-10-29-17/h3-13,30H,14-15H2,1-2H3. The summed E-state index contributed by atoms with van der Waals surface area (Å²) in [6, 6.07) is 11.6. The predicted molar refractivity (Wildman–Crippen MR) is 121 cm³/mol. The molecule has 11 heteroatoms. The molecule has 2 aromatic heterocycles. The Morgan fingerprint density at radius 1 is 1.03 bits per heavy atom. The van der Waals surface area contributed by atoms with Crippen LogP contribution < -0.4 is 15.0 Å². The zero-order chi connectivity index (χ0) is 25.2. The number of anilines is 2. The van der Waals surface area contributed by atoms with Gasteiger partial charge in [-0.25, -0.2) is 9.69 Å². The molecule has 182 valence electrons. The number of imide groups is 1. The molecule has 1 aliphatic rings. The van der Waals surface area contributed by atoms with Gasteiger partial charge in [0, 0.05) is 25.1 Å². The van der Waals surface area contributed by atoms with Gasteiger partial charge in [-0.15, -0.1) is 13.2 Å². The molecule has 1 fully saturated rings. The highest BCUT2D eigenvalue weighted by atomic mass is 19.4. The average Bonchev–Trinajstić information content (AvgIpc) is 2.98. The third-order valence-electron chi connectivity index (χ3n) is 5.55. The number of carbonyl (C=O) groups is 2. The molecule has 1 N–H and O–H groups in total. The lowest BCUT2D eigenvalue weighted by Crippen LogP contribution is -2.43. The summed E-state index contributed by atoms with van der Waals surface area (Å²) < 4.78 is 43.1. The van der Waals surface area contributed by atoms with E-state index in [9.17, 15) is 22.8 Å². The molecule has 3 aromatic rings. The highest BCUT2D eigenvalue weighted by Gasteiger charge is 2.51. The minimum atomic E-state index is -4.93. The van der Waals surface area contributed by atoms with Crippen molar-refractivity contribution < 1.29 is 27.5 Å². The van der Waals surface area contributed by atoms with Crippen LogP contribution in [0.1, 0.15) is 25.1 Å². The first-order valence-corrected chi connectivity index (χ1v) is 10.6. The van der Waals surface area contributed by atoms with Crippen molar-refractivity contribution in [3.05, 3.63) is 78.4 Å². The highest BCUT2D eigenvalue weighted by molar-refractivity contribution is 6.23. The number of hydrogen-bond donors (Lipinski definition) is 1. The second kappa shape index (κ2) is 9.24. The van der Waals surface area contributed by atoms with Crippen LogP contribution in [-0.4, -0.2) is 38.7 Å². The lowest BCUT2D eigenvalue weighted by atomic mass is 10.0. The van der Waals surface area contributed by atoms with Gasteiger partial charge in [0.2, 0.25) is 0 Å². The number of pyridine rings is 2. The molecule has 0 saturated carbocycles. The maximum atomic E-state index is 13.3. The molecule has 1 aliphatic heterocycles. The zero-order valence-electron chi connectivity index (χ0n) is 18.9. The van der Waals surface area contributed by atoms with Crippen molar-refractivity contribution in [2.75, 3.05) is 10.2 Å². The highest BCUT2D eigenvalue weighted by Crippen LogP contribution is 2.38. The van der Waals surface area contributed by atoms with Gasteiger partial charge in [-0.2, -0.15) is 0 Å². The van der Waals surface area contributed by atoms with E-state index in [1.54, 1.807) is 62.8 Å². The molecule has 0 unspecified atom stereocenters. The number of benzene rings is 1. The van der Waals surface area contributed by atoms with Gasteiger partial charge in [0.25, 0.3) is 5.91 Å². The Morgan fingerprint density at radius 3 is 2.43 bits per heavy atom. The summed E-state index contributed by atoms with van der Waals surface area (Å²) >= 11 is 0. The fraction of sp³-hybridized carbons (Fsp3) is 0.250. The summed E-state index contributed by atoms with van der Waals surface area (Å²) in [6.07, 6.45) is -0.198. The van der Waals surface area contributed by atoms with Crippen LogP contribution in [0.25, 0.3) is 0 Å². The van der Waals surface area contributed by atoms with Crippen molar-refractivity contribution in [1.82, 2.24) is 14.9 Å². The number of nitrogens with one attached hydrogen (secondary N) is 1. The van der Waals surface area contributed by atoms with E-state index in [1.165, 1.54) is 17.0 Å². The lowest BCUT2D eigenvalue weighted by molar-refractivity contribution is -0.274. The van der Waals surface area contributed by atoms with E-state index >= 15 is 0 Å². The maximum Gasteiger partial charge on any atom is 0.573 e. The molecule has 0 atom stereocenters. The Balaban J connectivity index is 1.66. The van der Waals surface area contributed by atoms with Gasteiger partial charge in [0.15, 0.2) is 5.75 Å². The van der Waals surface area contributed by atoms with Gasteiger partial charge in [-0.3, -0.25) is 14.8 Å². The lowest BCUT2D eigenvalue weighted by Gasteiger charge is -2.27. The van der Waals surface area contributed by atoms with Crippen molar-refractivity contribution >= 4 is 23.3 Å². The molecule has 0 spiro atoms. The summed E-state index contributed by atoms with van der Waals surface area (Å²) in [5.41, 5.74) is 0.250. The quantitative estimate of drug-likeness (QED) is 0.487. The van der Waals surface area contributed by atoms with E-state index in [1.807, 2.05) is 0 Å². The number of rotatable bonds is 7. The summed E-state index contributed by atoms with van der Waals surface area (Å²) in [6.45, 7) is 3.50. The first-order valence-electron chi connectivity index (χ1n) is 10.6. The van der Waals surface area contributed by atoms with Crippen molar-refractivity contribution in [3.8, 4) is 5.75 Å². The molecule has 1 aromatic carbocycles. The fourth-order valence-corrected chi connectivity index (χ4v) is 3.70. The van der Waals surface area contributed by atoms with Crippen LogP contribution >= 0.6 is 0 Å². The largest absolute Gasteiger partial charge is 0.573 e. The maximum absolute atomic E-state index is 13.3. The predicted octanol–water partition coefficient (Wildman–Crippen LogP) is 4.73. The summed E-state index contributed by atoms with van der Waals surface area (Å²) in [5, 5.41) is 2.86. The molecule has 0 aliphatic carbocycles. The number of amides is 3. The van der Waals surface area contributed by atoms with E-state index < -0.39 is 29.6 Å². The van der Waals surface area contributed by atoms with E-state index in [2.05, 4.69) is 20.0 Å². The van der Waals surface area contributed by atoms with Gasteiger partial charge in [-0.05, 0) is 61.9 Å². The summed E-state index contributed by atoms with van der Waals surface area (Å²) in [4.78, 5) is 37.0. The second-order valence-corrected chi connectivity index (χ2v) is 8.33. The van der Waals surface area contributed by atoms with Crippen molar-refractivity contribution in [1.29, 1.82) is 0 Å². The molecule has 0 bridgehead atoms. The minimum Gasteiger partial charge on any atom is -0.404 e. The van der Waals surface area contributed by atoms with Gasteiger partial charge in [-0.1, -0.05) is 6.07 Å². The molecular weight excluding hydrogens is 463 g/mol. The topological polar surface area (TPSA) is 87.7 Å². The van der Waals surface area contributed by atoms with Crippen LogP contribution in [0.15, 0.2) is 67.1 Å². The Bertz CT molecular complexity index is 1220. The van der Waals surface area contributed by atoms with Gasteiger partial charge in [0.1, 0.15) is 5.54 Å². The van der Waals surface area contributed by atoms with Gasteiger partial charge >= 0.3 is 12.4 Å². The molecule has 0 radical (unpaired) electrons. The molecule has 3 heterocycles. The Morgan fingerprint density at radius 2 is 1.77 bits per heavy atom. The Labute approximate surface area is 199 Å². The number of alkyl halides is 3. The molecule has 4 rings (SSSR count). The van der Waals surface area contributed by atoms with Crippen LogP contribution in [0, 0.1) is 0 Å². The summed E-state index contributed by atoms with van der Waals surface area (Å²) in [7, 11) is 0. The number of hydrogen-bond acceptors (Lipinski definition) is 6. The van der Waals surface area contributed by atoms with Crippen molar-refractivity contribution in [2.24, 2.45) is 0 Å². The number of nitrogens with zero attached hydrogens (tertiary/aromatic N) is 4. The summed E-state index contributed by atoms with van der Waals surface area (Å²) in [5.74, 6) is -0.999. The first-order chi connectivity index (χ1) is 16.6. The monoisotopic (exact) mass is 485 g/mol. The van der Waals surface area contributed by atoms with E-state index in [0.29, 0.717) is 5.69 Å². The first kappa shape index (κ1) is 24.0. The van der Waals surface area contributed by atoms with E-state index in [0.717, 1.165) is 16.5 Å². The van der Waals surface area contributed by atoms with Crippen molar-refractivity contribution in [2.45, 2.75) is 38.8 Å². The second-order valence-electron chi connectivity index (χ2n) is 8.33. The normalized spacial score (nSPS) is 15.5. The molecule has 3 amide bonds. The van der Waals surface area contributed by atoms with Crippen LogP contribution in [-0.2, 0) is 17.9 Å². The van der Waals surface area contributed by atoms with E-state index in [4.69, 9.17) is 0 Å². The van der Waals surface area contributed by atoms with Crippen LogP contribution in [0.2, 0.25) is 0 Å². The average molecular weight is 485 g/mol. The van der Waals surface area contributed by atoms with E-state index in [-0.39, 0.29) is 24.5 Å². The minimum absolute atomic E-state index is 0.0449. The number of carbonyl (C=O) groups excluding carboxylic acids is 2. The molecule has 35 heavy (non-hydrogen) atoms. The van der Waals surface area contributed by atoms with Gasteiger partial charge in [0.05, 0.1) is 23.6 Å². The zero-order valence-corrected chi connectivity index (χ0v) is 18.9. The molecular formula is C24H22F3N5O3. The third-order valence-corrected chi connectivity index (χ3v) is 5.55. The Kier molecular flexibility index (Phi) is 6.33. The number of urea groups is 1. The number of ether oxygens (including phenoxy) is 1. The fourth-order valence-electron chi connectivity index (χ4n) is 3.70. The van der Waals surface area contributed by atoms with Crippen LogP contribution in [0.4, 0.5) is 29.3 Å². The number of aromatic nitrogens is 2. The smallest absolute Gasteiger partial charge is 0.404 e.